The molecule has 0 amide bonds. The summed E-state index contributed by atoms with van der Waals surface area (Å²) < 4.78 is 11.0. The van der Waals surface area contributed by atoms with Crippen molar-refractivity contribution in [2.45, 2.75) is 0 Å². The average Bonchev–Trinajstić information content (AvgIpc) is 3.27. The van der Waals surface area contributed by atoms with E-state index in [1.165, 1.54) is 24.3 Å². The second kappa shape index (κ2) is 23.2. The van der Waals surface area contributed by atoms with Gasteiger partial charge in [0.2, 0.25) is 0 Å². The zero-order valence-corrected chi connectivity index (χ0v) is 34.8. The Labute approximate surface area is 377 Å². The van der Waals surface area contributed by atoms with Gasteiger partial charge in [0.15, 0.2) is 13.2 Å². The van der Waals surface area contributed by atoms with Gasteiger partial charge in [-0.25, -0.2) is 9.59 Å². The van der Waals surface area contributed by atoms with Gasteiger partial charge < -0.3 is 49.9 Å². The maximum absolute atomic E-state index is 11.6. The molecule has 0 fully saturated rings. The molecule has 0 atom stereocenters. The Kier molecular flexibility index (Phi) is 16.8. The molecule has 16 nitrogen and oxygen atoms in total. The fourth-order valence-electron chi connectivity index (χ4n) is 6.23. The van der Waals surface area contributed by atoms with Gasteiger partial charge in [0.1, 0.15) is 37.7 Å². The predicted octanol–water partition coefficient (Wildman–Crippen LogP) is 5.71. The molecule has 16 heteroatoms. The molecule has 0 saturated heterocycles. The molecule has 0 aliphatic heterocycles. The second-order valence-electron chi connectivity index (χ2n) is 14.0. The minimum absolute atomic E-state index is 0.0512. The van der Waals surface area contributed by atoms with Crippen molar-refractivity contribution in [3.05, 3.63) is 154 Å². The average molecular weight is 893 g/mol. The molecule has 0 saturated carbocycles. The van der Waals surface area contributed by atoms with Gasteiger partial charge in [-0.3, -0.25) is 19.2 Å². The predicted molar refractivity (Wildman–Crippen MR) is 243 cm³/mol. The summed E-state index contributed by atoms with van der Waals surface area (Å²) >= 11 is 0. The topological polar surface area (TPSA) is 249 Å². The highest BCUT2D eigenvalue weighted by atomic mass is 16.5. The zero-order chi connectivity index (χ0) is 47.6. The molecule has 0 aromatic heterocycles. The van der Waals surface area contributed by atoms with Crippen molar-refractivity contribution in [1.29, 1.82) is 0 Å². The minimum Gasteiger partial charge on any atom is -0.480 e. The molecule has 0 spiro atoms. The van der Waals surface area contributed by atoms with E-state index >= 15 is 0 Å². The van der Waals surface area contributed by atoms with Crippen molar-refractivity contribution < 1.29 is 68.9 Å². The molecule has 0 heterocycles. The van der Waals surface area contributed by atoms with Crippen LogP contribution in [0, 0.1) is 23.7 Å². The summed E-state index contributed by atoms with van der Waals surface area (Å²) in [4.78, 5) is 71.5. The maximum Gasteiger partial charge on any atom is 0.341 e. The third-order valence-electron chi connectivity index (χ3n) is 9.02. The summed E-state index contributed by atoms with van der Waals surface area (Å²) in [5, 5.41) is 56.6. The summed E-state index contributed by atoms with van der Waals surface area (Å²) in [5.41, 5.74) is 4.74. The number of rotatable bonds is 20. The number of ether oxygens (including phenoxy) is 2. The molecule has 0 radical (unpaired) electrons. The molecule has 334 valence electrons. The lowest BCUT2D eigenvalue weighted by molar-refractivity contribution is -0.140. The Morgan fingerprint density at radius 1 is 0.424 bits per heavy atom. The van der Waals surface area contributed by atoms with Crippen LogP contribution in [-0.4, -0.2) is 106 Å². The molecule has 0 bridgehead atoms. The van der Waals surface area contributed by atoms with E-state index in [4.69, 9.17) is 9.47 Å². The first-order valence-corrected chi connectivity index (χ1v) is 19.7. The summed E-state index contributed by atoms with van der Waals surface area (Å²) in [7, 11) is 0. The highest BCUT2D eigenvalue weighted by Crippen LogP contribution is 2.33. The highest BCUT2D eigenvalue weighted by molar-refractivity contribution is 5.85. The number of aliphatic carboxylic acids is 6. The molecule has 5 aromatic rings. The Morgan fingerprint density at radius 3 is 1.09 bits per heavy atom. The van der Waals surface area contributed by atoms with Crippen LogP contribution in [-0.2, 0) is 28.8 Å². The van der Waals surface area contributed by atoms with Gasteiger partial charge in [-0.05, 0) is 82.9 Å². The SMILES string of the molecule is O=C(O)COc1cc(/C=C/c2cc(C#Cc3ccccc3)c(/C=C/c3ccc(N(CC(=O)O)CC(=O)O)c(OCC(=O)O)c3)cc2C#Cc2ccccc2)ccc1N(CC(=O)O)CC(=O)O. The number of hydrogen-bond acceptors (Lipinski definition) is 10. The molecule has 5 aromatic carbocycles. The highest BCUT2D eigenvalue weighted by Gasteiger charge is 2.21. The number of carboxylic acids is 6. The van der Waals surface area contributed by atoms with Gasteiger partial charge in [0.25, 0.3) is 0 Å². The molecular weight excluding hydrogens is 853 g/mol. The molecule has 66 heavy (non-hydrogen) atoms. The summed E-state index contributed by atoms with van der Waals surface area (Å²) in [6, 6.07) is 31.0. The first kappa shape index (κ1) is 47.8. The lowest BCUT2D eigenvalue weighted by atomic mass is 9.96. The van der Waals surface area contributed by atoms with E-state index in [0.717, 1.165) is 20.9 Å². The van der Waals surface area contributed by atoms with E-state index in [2.05, 4.69) is 23.7 Å². The quantitative estimate of drug-likeness (QED) is 0.0405. The zero-order valence-electron chi connectivity index (χ0n) is 34.8. The fraction of sp³-hybridized carbons (Fsp3) is 0.120. The summed E-state index contributed by atoms with van der Waals surface area (Å²) in [6.07, 6.45) is 6.84. The molecule has 0 aliphatic carbocycles. The normalized spacial score (nSPS) is 10.5. The van der Waals surface area contributed by atoms with Crippen LogP contribution in [0.3, 0.4) is 0 Å². The number of carboxylic acid groups (broad SMARTS) is 6. The van der Waals surface area contributed by atoms with E-state index in [1.807, 2.05) is 60.7 Å². The van der Waals surface area contributed by atoms with Crippen molar-refractivity contribution in [1.82, 2.24) is 0 Å². The summed E-state index contributed by atoms with van der Waals surface area (Å²) in [5.74, 6) is 4.76. The number of nitrogens with zero attached hydrogens (tertiary/aromatic N) is 2. The number of hydrogen-bond donors (Lipinski definition) is 6. The molecular formula is C50H40N2O14. The lowest BCUT2D eigenvalue weighted by Gasteiger charge is -2.23. The van der Waals surface area contributed by atoms with Crippen molar-refractivity contribution in [3.63, 3.8) is 0 Å². The summed E-state index contributed by atoms with van der Waals surface area (Å²) in [6.45, 7) is -4.40. The van der Waals surface area contributed by atoms with Crippen LogP contribution >= 0.6 is 0 Å². The Balaban J connectivity index is 1.66. The van der Waals surface area contributed by atoms with Gasteiger partial charge in [-0.15, -0.1) is 0 Å². The molecule has 0 unspecified atom stereocenters. The van der Waals surface area contributed by atoms with Crippen LogP contribution in [0.5, 0.6) is 11.5 Å². The van der Waals surface area contributed by atoms with Crippen LogP contribution in [0.2, 0.25) is 0 Å². The van der Waals surface area contributed by atoms with Gasteiger partial charge in [0.05, 0.1) is 11.4 Å². The fourth-order valence-corrected chi connectivity index (χ4v) is 6.23. The smallest absolute Gasteiger partial charge is 0.341 e. The maximum atomic E-state index is 11.6. The van der Waals surface area contributed by atoms with Crippen molar-refractivity contribution in [2.24, 2.45) is 0 Å². The third kappa shape index (κ3) is 15.0. The number of benzene rings is 5. The van der Waals surface area contributed by atoms with Gasteiger partial charge >= 0.3 is 35.8 Å². The standard InChI is InChI=1S/C50H40N2O14/c53-45(54)27-51(28-46(55)56)41-21-15-35(23-43(41)65-31-49(61)62)13-19-39-26-38(18-12-34-9-5-2-6-10-34)40(25-37(39)17-11-33-7-3-1-4-8-33)20-14-36-16-22-42(44(24-36)66-32-50(63)64)52(29-47(57)58)30-48(59)60/h1-10,13-16,19-26H,27-32H2,(H,53,54)(H,55,56)(H,57,58)(H,59,60)(H,61,62)(H,63,64)/b19-13+,20-14+. The third-order valence-corrected chi connectivity index (χ3v) is 9.02. The van der Waals surface area contributed by atoms with Crippen LogP contribution in [0.1, 0.15) is 44.5 Å². The first-order chi connectivity index (χ1) is 31.6. The van der Waals surface area contributed by atoms with Crippen molar-refractivity contribution >= 4 is 71.5 Å². The van der Waals surface area contributed by atoms with Crippen LogP contribution < -0.4 is 19.3 Å². The van der Waals surface area contributed by atoms with E-state index < -0.39 is 75.2 Å². The van der Waals surface area contributed by atoms with Crippen LogP contribution in [0.15, 0.2) is 109 Å². The van der Waals surface area contributed by atoms with E-state index in [0.29, 0.717) is 33.4 Å². The molecule has 5 rings (SSSR count). The van der Waals surface area contributed by atoms with Crippen molar-refractivity contribution in [2.75, 3.05) is 49.2 Å². The largest absolute Gasteiger partial charge is 0.480 e. The lowest BCUT2D eigenvalue weighted by Crippen LogP contribution is -2.34. The van der Waals surface area contributed by atoms with E-state index in [9.17, 15) is 59.4 Å². The van der Waals surface area contributed by atoms with Crippen LogP contribution in [0.25, 0.3) is 24.3 Å². The minimum atomic E-state index is -1.32. The van der Waals surface area contributed by atoms with E-state index in [1.54, 1.807) is 48.6 Å². The van der Waals surface area contributed by atoms with E-state index in [-0.39, 0.29) is 22.9 Å². The van der Waals surface area contributed by atoms with Crippen molar-refractivity contribution in [3.8, 4) is 35.2 Å². The monoisotopic (exact) mass is 892 g/mol. The van der Waals surface area contributed by atoms with Gasteiger partial charge in [-0.1, -0.05) is 96.5 Å². The second-order valence-corrected chi connectivity index (χ2v) is 14.0. The molecule has 6 N–H and O–H groups in total. The Hall–Kier alpha value is -9.28. The van der Waals surface area contributed by atoms with Gasteiger partial charge in [0, 0.05) is 22.3 Å². The Morgan fingerprint density at radius 2 is 0.773 bits per heavy atom. The number of carbonyl (C=O) groups is 6. The molecule has 0 aliphatic rings. The van der Waals surface area contributed by atoms with Crippen LogP contribution in [0.4, 0.5) is 11.4 Å². The first-order valence-electron chi connectivity index (χ1n) is 19.7. The van der Waals surface area contributed by atoms with Gasteiger partial charge in [-0.2, -0.15) is 0 Å². The Bertz CT molecular complexity index is 2590. The number of anilines is 2.